The van der Waals surface area contributed by atoms with Crippen molar-refractivity contribution in [2.24, 2.45) is 0 Å². The molecule has 5 rings (SSSR count). The smallest absolute Gasteiger partial charge is 0.252 e. The average molecular weight is 499 g/mol. The highest BCUT2D eigenvalue weighted by Crippen LogP contribution is 2.33. The number of aromatic nitrogens is 5. The molecule has 0 radical (unpaired) electrons. The van der Waals surface area contributed by atoms with Gasteiger partial charge in [-0.25, -0.2) is 4.68 Å². The molecule has 1 aliphatic carbocycles. The summed E-state index contributed by atoms with van der Waals surface area (Å²) in [6.07, 6.45) is 7.90. The Morgan fingerprint density at radius 2 is 1.84 bits per heavy atom. The van der Waals surface area contributed by atoms with Crippen LogP contribution < -0.4 is 5.56 Å². The van der Waals surface area contributed by atoms with Gasteiger partial charge in [0.2, 0.25) is 0 Å². The predicted molar refractivity (Wildman–Crippen MR) is 147 cm³/mol. The zero-order valence-electron chi connectivity index (χ0n) is 22.3. The zero-order valence-corrected chi connectivity index (χ0v) is 22.3. The fraction of sp³-hybridized carbons (Fsp3) is 0.467. The van der Waals surface area contributed by atoms with Gasteiger partial charge in [0, 0.05) is 18.7 Å². The third kappa shape index (κ3) is 5.67. The summed E-state index contributed by atoms with van der Waals surface area (Å²) in [7, 11) is 0. The third-order valence-electron chi connectivity index (χ3n) is 7.78. The van der Waals surface area contributed by atoms with Crippen molar-refractivity contribution in [2.75, 3.05) is 0 Å². The number of hydrogen-bond donors (Lipinski definition) is 1. The maximum absolute atomic E-state index is 13.3. The number of nitrogens with one attached hydrogen (secondary N) is 1. The first-order chi connectivity index (χ1) is 18.0. The minimum absolute atomic E-state index is 0.0100. The van der Waals surface area contributed by atoms with Gasteiger partial charge in [0.05, 0.1) is 17.6 Å². The van der Waals surface area contributed by atoms with Crippen molar-refractivity contribution >= 4 is 10.9 Å². The number of hydrogen-bond acceptors (Lipinski definition) is 5. The van der Waals surface area contributed by atoms with Crippen molar-refractivity contribution < 1.29 is 0 Å². The van der Waals surface area contributed by atoms with E-state index in [1.807, 2.05) is 19.1 Å². The van der Waals surface area contributed by atoms with E-state index in [2.05, 4.69) is 80.3 Å². The normalized spacial score (nSPS) is 15.5. The number of tetrazole rings is 1. The van der Waals surface area contributed by atoms with E-state index in [9.17, 15) is 4.79 Å². The van der Waals surface area contributed by atoms with Gasteiger partial charge in [0.25, 0.3) is 5.56 Å². The molecule has 2 aromatic heterocycles. The van der Waals surface area contributed by atoms with Crippen molar-refractivity contribution in [2.45, 2.75) is 90.9 Å². The molecule has 1 N–H and O–H groups in total. The van der Waals surface area contributed by atoms with Crippen LogP contribution in [0.3, 0.4) is 0 Å². The molecular formula is C30H38N6O. The summed E-state index contributed by atoms with van der Waals surface area (Å²) in [5, 5.41) is 14.3. The lowest BCUT2D eigenvalue weighted by atomic mass is 9.95. The topological polar surface area (TPSA) is 79.7 Å². The number of nitrogens with zero attached hydrogens (tertiary/aromatic N) is 5. The van der Waals surface area contributed by atoms with Crippen LogP contribution in [0.2, 0.25) is 0 Å². The number of benzene rings is 2. The molecule has 0 amide bonds. The van der Waals surface area contributed by atoms with Gasteiger partial charge >= 0.3 is 0 Å². The van der Waals surface area contributed by atoms with Gasteiger partial charge < -0.3 is 4.98 Å². The second-order valence-electron chi connectivity index (χ2n) is 10.6. The quantitative estimate of drug-likeness (QED) is 0.298. The Bertz CT molecular complexity index is 1380. The van der Waals surface area contributed by atoms with Crippen molar-refractivity contribution in [3.05, 3.63) is 87.0 Å². The molecule has 194 valence electrons. The maximum atomic E-state index is 13.3. The highest BCUT2D eigenvalue weighted by atomic mass is 16.1. The molecule has 7 nitrogen and oxygen atoms in total. The van der Waals surface area contributed by atoms with Gasteiger partial charge in [-0.05, 0) is 66.1 Å². The second-order valence-corrected chi connectivity index (χ2v) is 10.6. The molecule has 2 heterocycles. The molecule has 1 aliphatic rings. The fourth-order valence-corrected chi connectivity index (χ4v) is 5.72. The lowest BCUT2D eigenvalue weighted by Gasteiger charge is -2.32. The van der Waals surface area contributed by atoms with Crippen LogP contribution in [0, 0.1) is 13.8 Å². The van der Waals surface area contributed by atoms with Crippen LogP contribution in [0.15, 0.2) is 53.3 Å². The third-order valence-corrected chi connectivity index (χ3v) is 7.78. The zero-order chi connectivity index (χ0) is 25.8. The number of pyridine rings is 1. The minimum atomic E-state index is -0.0298. The maximum Gasteiger partial charge on any atom is 0.252 e. The molecule has 1 fully saturated rings. The molecule has 2 aromatic carbocycles. The fourth-order valence-electron chi connectivity index (χ4n) is 5.72. The van der Waals surface area contributed by atoms with Crippen molar-refractivity contribution in [1.82, 2.24) is 30.1 Å². The molecule has 0 spiro atoms. The van der Waals surface area contributed by atoms with Crippen LogP contribution in [0.25, 0.3) is 10.9 Å². The lowest BCUT2D eigenvalue weighted by molar-refractivity contribution is 0.150. The summed E-state index contributed by atoms with van der Waals surface area (Å²) >= 11 is 0. The van der Waals surface area contributed by atoms with E-state index in [1.54, 1.807) is 0 Å². The van der Waals surface area contributed by atoms with Gasteiger partial charge in [0.1, 0.15) is 0 Å². The molecule has 0 saturated heterocycles. The summed E-state index contributed by atoms with van der Waals surface area (Å²) in [5.41, 5.74) is 5.18. The number of para-hydroxylation sites is 1. The van der Waals surface area contributed by atoms with E-state index in [1.165, 1.54) is 30.4 Å². The highest BCUT2D eigenvalue weighted by molar-refractivity contribution is 5.81. The molecule has 4 aromatic rings. The second kappa shape index (κ2) is 11.4. The van der Waals surface area contributed by atoms with Gasteiger partial charge in [-0.15, -0.1) is 5.10 Å². The number of fused-ring (bicyclic) bond motifs is 1. The van der Waals surface area contributed by atoms with Crippen LogP contribution in [0.1, 0.15) is 92.0 Å². The Labute approximate surface area is 218 Å². The van der Waals surface area contributed by atoms with E-state index in [-0.39, 0.29) is 11.6 Å². The van der Waals surface area contributed by atoms with Crippen LogP contribution in [0.4, 0.5) is 0 Å². The van der Waals surface area contributed by atoms with Crippen LogP contribution in [0.5, 0.6) is 0 Å². The molecule has 0 aliphatic heterocycles. The molecule has 37 heavy (non-hydrogen) atoms. The van der Waals surface area contributed by atoms with Crippen LogP contribution in [-0.4, -0.2) is 30.1 Å². The first kappa shape index (κ1) is 25.3. The highest BCUT2D eigenvalue weighted by Gasteiger charge is 2.29. The van der Waals surface area contributed by atoms with E-state index < -0.39 is 0 Å². The van der Waals surface area contributed by atoms with E-state index in [0.717, 1.165) is 53.5 Å². The van der Waals surface area contributed by atoms with Crippen LogP contribution >= 0.6 is 0 Å². The summed E-state index contributed by atoms with van der Waals surface area (Å²) in [4.78, 5) is 18.8. The standard InChI is InChI=1S/C30H38N6O/c1-4-9-27(29-32-33-34-36(29)26-12-6-5-7-13-26)35(19-23-16-14-21(2)15-17-23)20-25-18-24-11-8-10-22(3)28(24)31-30(25)37/h8,10-11,14-18,26-27H,4-7,9,12-13,19-20H2,1-3H3,(H,31,37)/t27-/m0/s1. The number of H-pyrrole nitrogens is 1. The Morgan fingerprint density at radius 3 is 2.59 bits per heavy atom. The van der Waals surface area contributed by atoms with E-state index >= 15 is 0 Å². The number of aromatic amines is 1. The van der Waals surface area contributed by atoms with E-state index in [4.69, 9.17) is 0 Å². The van der Waals surface area contributed by atoms with E-state index in [0.29, 0.717) is 19.1 Å². The Kier molecular flexibility index (Phi) is 7.79. The van der Waals surface area contributed by atoms with Gasteiger partial charge in [-0.3, -0.25) is 9.69 Å². The summed E-state index contributed by atoms with van der Waals surface area (Å²) < 4.78 is 2.09. The molecular weight excluding hydrogens is 460 g/mol. The predicted octanol–water partition coefficient (Wildman–Crippen LogP) is 6.18. The molecule has 0 bridgehead atoms. The van der Waals surface area contributed by atoms with Crippen LogP contribution in [-0.2, 0) is 13.1 Å². The Hall–Kier alpha value is -3.32. The molecule has 7 heteroatoms. The molecule has 1 atom stereocenters. The van der Waals surface area contributed by atoms with Gasteiger partial charge in [-0.1, -0.05) is 80.6 Å². The largest absolute Gasteiger partial charge is 0.321 e. The molecule has 1 saturated carbocycles. The first-order valence-electron chi connectivity index (χ1n) is 13.7. The Morgan fingerprint density at radius 1 is 1.05 bits per heavy atom. The lowest BCUT2D eigenvalue weighted by Crippen LogP contribution is -2.33. The van der Waals surface area contributed by atoms with Gasteiger partial charge in [-0.2, -0.15) is 0 Å². The van der Waals surface area contributed by atoms with Crippen molar-refractivity contribution in [3.8, 4) is 0 Å². The van der Waals surface area contributed by atoms with Crippen molar-refractivity contribution in [1.29, 1.82) is 0 Å². The summed E-state index contributed by atoms with van der Waals surface area (Å²) in [6, 6.07) is 17.2. The van der Waals surface area contributed by atoms with Gasteiger partial charge in [0.15, 0.2) is 5.82 Å². The minimum Gasteiger partial charge on any atom is -0.321 e. The number of rotatable bonds is 9. The SMILES string of the molecule is CCC[C@@H](c1nnnn1C1CCCCC1)N(Cc1ccc(C)cc1)Cc1cc2cccc(C)c2[nH]c1=O. The first-order valence-corrected chi connectivity index (χ1v) is 13.7. The summed E-state index contributed by atoms with van der Waals surface area (Å²) in [6.45, 7) is 7.58. The average Bonchev–Trinajstić information content (AvgIpc) is 3.39. The van der Waals surface area contributed by atoms with Crippen molar-refractivity contribution in [3.63, 3.8) is 0 Å². The summed E-state index contributed by atoms with van der Waals surface area (Å²) in [5.74, 6) is 0.925. The number of aryl methyl sites for hydroxylation is 2. The molecule has 0 unspecified atom stereocenters. The monoisotopic (exact) mass is 498 g/mol. The Balaban J connectivity index is 1.54.